The van der Waals surface area contributed by atoms with Crippen LogP contribution >= 0.6 is 0 Å². The minimum Gasteiger partial charge on any atom is -0.364 e. The second kappa shape index (κ2) is 5.86. The van der Waals surface area contributed by atoms with Crippen LogP contribution in [0.1, 0.15) is 53.4 Å². The lowest BCUT2D eigenvalue weighted by Crippen LogP contribution is -2.35. The highest BCUT2D eigenvalue weighted by Crippen LogP contribution is 2.54. The Morgan fingerprint density at radius 2 is 2.12 bits per heavy atom. The average Bonchev–Trinajstić information content (AvgIpc) is 2.73. The molecule has 2 aliphatic rings. The van der Waals surface area contributed by atoms with Crippen LogP contribution in [0.5, 0.6) is 0 Å². The highest BCUT2D eigenvalue weighted by molar-refractivity contribution is 5.71. The van der Waals surface area contributed by atoms with Gasteiger partial charge in [0.2, 0.25) is 11.6 Å². The number of nitro groups is 1. The van der Waals surface area contributed by atoms with Gasteiger partial charge in [0.15, 0.2) is 0 Å². The van der Waals surface area contributed by atoms with Crippen molar-refractivity contribution in [1.82, 2.24) is 9.97 Å². The molecule has 1 N–H and O–H groups in total. The van der Waals surface area contributed by atoms with Crippen LogP contribution in [-0.2, 0) is 0 Å². The Morgan fingerprint density at radius 3 is 2.79 bits per heavy atom. The Labute approximate surface area is 143 Å². The van der Waals surface area contributed by atoms with Gasteiger partial charge in [-0.1, -0.05) is 27.7 Å². The zero-order valence-electron chi connectivity index (χ0n) is 15.0. The Kier molecular flexibility index (Phi) is 4.13. The van der Waals surface area contributed by atoms with E-state index in [9.17, 15) is 10.1 Å². The smallest absolute Gasteiger partial charge is 0.353 e. The lowest BCUT2D eigenvalue weighted by molar-refractivity contribution is -0.383. The van der Waals surface area contributed by atoms with Crippen LogP contribution in [0.2, 0.25) is 0 Å². The molecule has 0 radical (unpaired) electrons. The number of rotatable bonds is 5. The second-order valence-corrected chi connectivity index (χ2v) is 8.42. The summed E-state index contributed by atoms with van der Waals surface area (Å²) in [5, 5.41) is 14.8. The summed E-state index contributed by atoms with van der Waals surface area (Å²) in [7, 11) is 0. The topological polar surface area (TPSA) is 84.2 Å². The molecule has 1 aliphatic carbocycles. The number of hydrogen-bond donors (Lipinski definition) is 1. The van der Waals surface area contributed by atoms with Crippen molar-refractivity contribution in [3.63, 3.8) is 0 Å². The van der Waals surface area contributed by atoms with E-state index in [0.717, 1.165) is 32.2 Å². The van der Waals surface area contributed by atoms with Crippen LogP contribution in [0, 0.1) is 20.9 Å². The monoisotopic (exact) mass is 333 g/mol. The molecule has 1 saturated heterocycles. The van der Waals surface area contributed by atoms with Crippen LogP contribution in [0.15, 0.2) is 6.33 Å². The van der Waals surface area contributed by atoms with Gasteiger partial charge < -0.3 is 10.2 Å². The number of hydrogen-bond acceptors (Lipinski definition) is 6. The van der Waals surface area contributed by atoms with Crippen molar-refractivity contribution in [3.05, 3.63) is 16.4 Å². The Balaban J connectivity index is 1.99. The van der Waals surface area contributed by atoms with Gasteiger partial charge in [-0.15, -0.1) is 0 Å². The second-order valence-electron chi connectivity index (χ2n) is 8.42. The molecule has 1 aromatic rings. The van der Waals surface area contributed by atoms with Gasteiger partial charge in [-0.25, -0.2) is 9.97 Å². The fourth-order valence-corrected chi connectivity index (χ4v) is 4.83. The lowest BCUT2D eigenvalue weighted by atomic mass is 9.65. The highest BCUT2D eigenvalue weighted by atomic mass is 16.6. The number of nitrogens with one attached hydrogen (secondary N) is 1. The van der Waals surface area contributed by atoms with Crippen molar-refractivity contribution < 1.29 is 4.92 Å². The molecule has 7 nitrogen and oxygen atoms in total. The molecular weight excluding hydrogens is 306 g/mol. The Bertz CT molecular complexity index is 648. The normalized spacial score (nSPS) is 28.0. The predicted octanol–water partition coefficient (Wildman–Crippen LogP) is 3.61. The van der Waals surface area contributed by atoms with Crippen LogP contribution in [0.25, 0.3) is 0 Å². The van der Waals surface area contributed by atoms with Crippen molar-refractivity contribution >= 4 is 17.3 Å². The van der Waals surface area contributed by atoms with Crippen molar-refractivity contribution in [2.45, 2.75) is 59.4 Å². The maximum atomic E-state index is 11.7. The van der Waals surface area contributed by atoms with Crippen LogP contribution < -0.4 is 10.2 Å². The minimum absolute atomic E-state index is 0.0138. The highest BCUT2D eigenvalue weighted by Gasteiger charge is 2.51. The molecule has 2 unspecified atom stereocenters. The molecule has 0 spiro atoms. The Morgan fingerprint density at radius 1 is 1.38 bits per heavy atom. The van der Waals surface area contributed by atoms with Crippen molar-refractivity contribution in [1.29, 1.82) is 0 Å². The van der Waals surface area contributed by atoms with E-state index >= 15 is 0 Å². The molecule has 2 atom stereocenters. The first-order chi connectivity index (χ1) is 11.2. The van der Waals surface area contributed by atoms with Crippen molar-refractivity contribution in [2.24, 2.45) is 10.8 Å². The summed E-state index contributed by atoms with van der Waals surface area (Å²) in [6, 6.07) is 0.311. The van der Waals surface area contributed by atoms with E-state index in [1.165, 1.54) is 6.33 Å². The molecule has 0 amide bonds. The molecule has 1 aromatic heterocycles. The molecular formula is C17H27N5O2. The standard InChI is InChI=1S/C17H27N5O2/c1-5-6-18-14-13(22(23)24)15(20-11-19-14)21-10-17(4)8-12(21)7-16(2,3)9-17/h11-12H,5-10H2,1-4H3,(H,18,19,20). The molecule has 1 saturated carbocycles. The van der Waals surface area contributed by atoms with Crippen molar-refractivity contribution in [2.75, 3.05) is 23.3 Å². The Hall–Kier alpha value is -1.92. The molecule has 2 bridgehead atoms. The van der Waals surface area contributed by atoms with Crippen molar-refractivity contribution in [3.8, 4) is 0 Å². The third-order valence-corrected chi connectivity index (χ3v) is 5.21. The summed E-state index contributed by atoms with van der Waals surface area (Å²) in [6.45, 7) is 10.4. The summed E-state index contributed by atoms with van der Waals surface area (Å²) in [6.07, 6.45) is 5.59. The SMILES string of the molecule is CCCNc1ncnc(N2CC3(C)CC2CC(C)(C)C3)c1[N+](=O)[O-]. The molecule has 2 fully saturated rings. The number of aromatic nitrogens is 2. The molecule has 1 aliphatic heterocycles. The van der Waals surface area contributed by atoms with E-state index < -0.39 is 0 Å². The average molecular weight is 333 g/mol. The van der Waals surface area contributed by atoms with Gasteiger partial charge >= 0.3 is 5.69 Å². The van der Waals surface area contributed by atoms with E-state index in [-0.39, 0.29) is 21.4 Å². The van der Waals surface area contributed by atoms with Crippen LogP contribution in [0.3, 0.4) is 0 Å². The number of fused-ring (bicyclic) bond motifs is 2. The minimum atomic E-state index is -0.344. The summed E-state index contributed by atoms with van der Waals surface area (Å²) in [5.41, 5.74) is 0.472. The maximum absolute atomic E-state index is 11.7. The summed E-state index contributed by atoms with van der Waals surface area (Å²) in [4.78, 5) is 22.0. The summed E-state index contributed by atoms with van der Waals surface area (Å²) < 4.78 is 0. The van der Waals surface area contributed by atoms with Gasteiger partial charge in [-0.05, 0) is 36.5 Å². The zero-order valence-corrected chi connectivity index (χ0v) is 15.0. The van der Waals surface area contributed by atoms with E-state index in [0.29, 0.717) is 24.2 Å². The molecule has 24 heavy (non-hydrogen) atoms. The summed E-state index contributed by atoms with van der Waals surface area (Å²) >= 11 is 0. The zero-order chi connectivity index (χ0) is 17.5. The van der Waals surface area contributed by atoms with Gasteiger partial charge in [-0.3, -0.25) is 10.1 Å². The van der Waals surface area contributed by atoms with E-state index in [1.807, 2.05) is 6.92 Å². The maximum Gasteiger partial charge on any atom is 0.353 e. The third kappa shape index (κ3) is 3.03. The first-order valence-electron chi connectivity index (χ1n) is 8.75. The largest absolute Gasteiger partial charge is 0.364 e. The quantitative estimate of drug-likeness (QED) is 0.654. The van der Waals surface area contributed by atoms with Crippen LogP contribution in [0.4, 0.5) is 17.3 Å². The molecule has 0 aromatic carbocycles. The molecule has 2 heterocycles. The van der Waals surface area contributed by atoms with E-state index in [4.69, 9.17) is 0 Å². The number of anilines is 2. The summed E-state index contributed by atoms with van der Waals surface area (Å²) in [5.74, 6) is 0.803. The van der Waals surface area contributed by atoms with Gasteiger partial charge in [0.25, 0.3) is 0 Å². The van der Waals surface area contributed by atoms with E-state index in [2.05, 4.69) is 41.0 Å². The first kappa shape index (κ1) is 16.9. The molecule has 132 valence electrons. The van der Waals surface area contributed by atoms with Gasteiger partial charge in [-0.2, -0.15) is 0 Å². The van der Waals surface area contributed by atoms with E-state index in [1.54, 1.807) is 0 Å². The van der Waals surface area contributed by atoms with Gasteiger partial charge in [0.05, 0.1) is 4.92 Å². The first-order valence-corrected chi connectivity index (χ1v) is 8.75. The predicted molar refractivity (Wildman–Crippen MR) is 94.3 cm³/mol. The fraction of sp³-hybridized carbons (Fsp3) is 0.765. The van der Waals surface area contributed by atoms with Crippen LogP contribution in [-0.4, -0.2) is 34.0 Å². The third-order valence-electron chi connectivity index (χ3n) is 5.21. The molecule has 3 rings (SSSR count). The molecule has 7 heteroatoms. The number of nitrogens with zero attached hydrogens (tertiary/aromatic N) is 4. The van der Waals surface area contributed by atoms with Gasteiger partial charge in [0, 0.05) is 19.1 Å². The lowest BCUT2D eigenvalue weighted by Gasteiger charge is -2.39. The van der Waals surface area contributed by atoms with Gasteiger partial charge in [0.1, 0.15) is 6.33 Å². The fourth-order valence-electron chi connectivity index (χ4n) is 4.83.